The summed E-state index contributed by atoms with van der Waals surface area (Å²) in [5.74, 6) is -7.34. The van der Waals surface area contributed by atoms with Crippen molar-refractivity contribution in [3.63, 3.8) is 0 Å². The molecule has 8 N–H and O–H groups in total. The molecular weight excluding hydrogens is 590 g/mol. The number of phenolic OH excluding ortho intramolecular Hbond substituents is 1. The Morgan fingerprint density at radius 2 is 1.63 bits per heavy atom. The number of hydrogen-bond acceptors (Lipinski definition) is 8. The quantitative estimate of drug-likeness (QED) is 0.248. The van der Waals surface area contributed by atoms with Gasteiger partial charge in [0.1, 0.15) is 17.8 Å². The van der Waals surface area contributed by atoms with Crippen molar-refractivity contribution in [1.82, 2.24) is 5.32 Å². The Morgan fingerprint density at radius 3 is 2.17 bits per heavy atom. The third-order valence-corrected chi connectivity index (χ3v) is 10.6. The maximum atomic E-state index is 14.3. The van der Waals surface area contributed by atoms with E-state index in [0.29, 0.717) is 16.8 Å². The second kappa shape index (κ2) is 10.9. The average Bonchev–Trinajstić information content (AvgIpc) is 2.90. The monoisotopic (exact) mass is 635 g/mol. The minimum atomic E-state index is -2.56. The Kier molecular flexibility index (Phi) is 7.94. The summed E-state index contributed by atoms with van der Waals surface area (Å²) in [6, 6.07) is 9.80. The molecule has 46 heavy (non-hydrogen) atoms. The predicted molar refractivity (Wildman–Crippen MR) is 171 cm³/mol. The van der Waals surface area contributed by atoms with Gasteiger partial charge in [-0.15, -0.1) is 0 Å². The number of nitrogens with one attached hydrogen (secondary N) is 2. The topological polar surface area (TPSA) is 199 Å². The van der Waals surface area contributed by atoms with Gasteiger partial charge in [-0.05, 0) is 85.8 Å². The molecule has 3 amide bonds. The molecule has 2 fully saturated rings. The molecule has 3 aliphatic carbocycles. The van der Waals surface area contributed by atoms with Crippen molar-refractivity contribution >= 4 is 29.2 Å². The molecule has 8 atom stereocenters. The SMILES string of the molecule is CC(C)[C@H]1C(O)[C@@H](C(N)=O)C(=O)[C@]2(O)C(O)[C@H]3C(=O)c4c(O)ccc(-c5ccc(NC(=O)NC(C)(C)C)cc5)c4C[C@]3(C)C[C@]12C. The molecule has 0 saturated heterocycles. The number of Topliss-reactive ketones (excluding diaryl/α,β-unsaturated/α-hetero) is 2. The molecule has 0 aliphatic heterocycles. The van der Waals surface area contributed by atoms with Crippen LogP contribution in [0.4, 0.5) is 10.5 Å². The molecule has 11 nitrogen and oxygen atoms in total. The van der Waals surface area contributed by atoms with Crippen LogP contribution in [0.2, 0.25) is 0 Å². The minimum Gasteiger partial charge on any atom is -0.507 e. The van der Waals surface area contributed by atoms with Gasteiger partial charge in [0.25, 0.3) is 0 Å². The Balaban J connectivity index is 1.59. The zero-order valence-corrected chi connectivity index (χ0v) is 27.3. The van der Waals surface area contributed by atoms with E-state index >= 15 is 0 Å². The average molecular weight is 636 g/mol. The fourth-order valence-corrected chi connectivity index (χ4v) is 9.04. The third kappa shape index (κ3) is 4.91. The predicted octanol–water partition coefficient (Wildman–Crippen LogP) is 3.16. The lowest BCUT2D eigenvalue weighted by atomic mass is 9.39. The van der Waals surface area contributed by atoms with E-state index in [1.54, 1.807) is 51.1 Å². The van der Waals surface area contributed by atoms with Crippen LogP contribution in [0, 0.1) is 34.5 Å². The summed E-state index contributed by atoms with van der Waals surface area (Å²) in [4.78, 5) is 53.0. The van der Waals surface area contributed by atoms with Crippen molar-refractivity contribution in [3.8, 4) is 16.9 Å². The van der Waals surface area contributed by atoms with E-state index in [0.717, 1.165) is 5.56 Å². The lowest BCUT2D eigenvalue weighted by Crippen LogP contribution is -2.79. The highest BCUT2D eigenvalue weighted by atomic mass is 16.4. The van der Waals surface area contributed by atoms with Crippen LogP contribution in [0.15, 0.2) is 36.4 Å². The molecule has 2 aromatic rings. The summed E-state index contributed by atoms with van der Waals surface area (Å²) in [5, 5.41) is 52.2. The van der Waals surface area contributed by atoms with Crippen molar-refractivity contribution in [3.05, 3.63) is 47.5 Å². The van der Waals surface area contributed by atoms with Crippen LogP contribution >= 0.6 is 0 Å². The molecule has 0 aromatic heterocycles. The molecule has 5 rings (SSSR count). The van der Waals surface area contributed by atoms with Gasteiger partial charge < -0.3 is 36.8 Å². The number of benzene rings is 2. The number of aliphatic hydroxyl groups is 3. The number of aromatic hydroxyl groups is 1. The van der Waals surface area contributed by atoms with E-state index in [2.05, 4.69) is 10.6 Å². The van der Waals surface area contributed by atoms with Gasteiger partial charge in [0.2, 0.25) is 5.91 Å². The van der Waals surface area contributed by atoms with Crippen molar-refractivity contribution in [2.75, 3.05) is 5.32 Å². The number of aliphatic hydroxyl groups excluding tert-OH is 2. The number of phenols is 1. The van der Waals surface area contributed by atoms with Crippen LogP contribution in [0.3, 0.4) is 0 Å². The number of hydrogen-bond donors (Lipinski definition) is 7. The molecule has 11 heteroatoms. The van der Waals surface area contributed by atoms with Crippen molar-refractivity contribution < 1.29 is 39.6 Å². The van der Waals surface area contributed by atoms with Gasteiger partial charge in [0, 0.05) is 16.6 Å². The molecule has 0 bridgehead atoms. The van der Waals surface area contributed by atoms with Gasteiger partial charge in [0.05, 0.1) is 17.6 Å². The smallest absolute Gasteiger partial charge is 0.319 e. The number of amides is 3. The normalized spacial score (nSPS) is 33.9. The zero-order chi connectivity index (χ0) is 34.3. The molecule has 0 spiro atoms. The largest absolute Gasteiger partial charge is 0.507 e. The van der Waals surface area contributed by atoms with Crippen molar-refractivity contribution in [1.29, 1.82) is 0 Å². The van der Waals surface area contributed by atoms with Crippen LogP contribution in [-0.4, -0.2) is 67.3 Å². The summed E-state index contributed by atoms with van der Waals surface area (Å²) >= 11 is 0. The first-order chi connectivity index (χ1) is 21.2. The minimum absolute atomic E-state index is 0.00635. The molecule has 2 saturated carbocycles. The van der Waals surface area contributed by atoms with Crippen molar-refractivity contribution in [2.24, 2.45) is 40.2 Å². The number of primary amides is 1. The fraction of sp³-hybridized carbons (Fsp3) is 0.543. The highest BCUT2D eigenvalue weighted by Gasteiger charge is 2.75. The van der Waals surface area contributed by atoms with Gasteiger partial charge in [-0.2, -0.15) is 0 Å². The first-order valence-electron chi connectivity index (χ1n) is 15.7. The molecule has 3 aliphatic rings. The number of carbonyl (C=O) groups excluding carboxylic acids is 4. The van der Waals surface area contributed by atoms with Crippen LogP contribution in [0.5, 0.6) is 5.75 Å². The first-order valence-corrected chi connectivity index (χ1v) is 15.7. The Bertz CT molecular complexity index is 1610. The van der Waals surface area contributed by atoms with E-state index in [9.17, 15) is 39.6 Å². The van der Waals surface area contributed by atoms with Gasteiger partial charge >= 0.3 is 6.03 Å². The lowest BCUT2D eigenvalue weighted by molar-refractivity contribution is -0.265. The molecule has 2 aromatic carbocycles. The first kappa shape index (κ1) is 33.6. The number of nitrogens with two attached hydrogens (primary N) is 1. The molecule has 0 radical (unpaired) electrons. The van der Waals surface area contributed by atoms with Gasteiger partial charge in [-0.1, -0.05) is 45.9 Å². The lowest BCUT2D eigenvalue weighted by Gasteiger charge is -2.66. The fourth-order valence-electron chi connectivity index (χ4n) is 9.04. The summed E-state index contributed by atoms with van der Waals surface area (Å²) in [6.07, 6.45) is -3.17. The Hall–Kier alpha value is -3.80. The maximum Gasteiger partial charge on any atom is 0.319 e. The summed E-state index contributed by atoms with van der Waals surface area (Å²) in [7, 11) is 0. The number of carbonyl (C=O) groups is 4. The van der Waals surface area contributed by atoms with Crippen LogP contribution in [-0.2, 0) is 16.0 Å². The van der Waals surface area contributed by atoms with Crippen LogP contribution in [0.25, 0.3) is 11.1 Å². The van der Waals surface area contributed by atoms with E-state index in [1.165, 1.54) is 6.07 Å². The van der Waals surface area contributed by atoms with Gasteiger partial charge in [-0.25, -0.2) is 4.79 Å². The number of urea groups is 1. The third-order valence-electron chi connectivity index (χ3n) is 10.6. The maximum absolute atomic E-state index is 14.3. The number of fused-ring (bicyclic) bond motifs is 3. The summed E-state index contributed by atoms with van der Waals surface area (Å²) < 4.78 is 0. The van der Waals surface area contributed by atoms with E-state index in [1.807, 2.05) is 27.7 Å². The number of ketones is 2. The standard InChI is InChI=1S/C35H45N3O8/c1-16(2)24-27(41)23(30(36)44)28(42)35(46)29(43)25-26(40)22-20(14-33(25,6)15-34(24,35)7)19(12-13-21(22)39)17-8-10-18(11-9-17)37-31(45)38-32(3,4)5/h8-13,16,23-25,27,29,39,41,43,46H,14-15H2,1-7H3,(H2,36,44)(H2,37,38,45)/t23-,24+,25-,27?,29?,33-,34-,35+/m1/s1. The second-order valence-electron chi connectivity index (χ2n) is 15.4. The highest BCUT2D eigenvalue weighted by Crippen LogP contribution is 2.66. The molecule has 248 valence electrons. The van der Waals surface area contributed by atoms with Gasteiger partial charge in [0.15, 0.2) is 17.2 Å². The van der Waals surface area contributed by atoms with Gasteiger partial charge in [-0.3, -0.25) is 14.4 Å². The molecular formula is C35H45N3O8. The number of rotatable bonds is 4. The van der Waals surface area contributed by atoms with Crippen molar-refractivity contribution in [2.45, 2.75) is 84.7 Å². The van der Waals surface area contributed by atoms with E-state index in [-0.39, 0.29) is 36.1 Å². The zero-order valence-electron chi connectivity index (χ0n) is 27.3. The summed E-state index contributed by atoms with van der Waals surface area (Å²) in [6.45, 7) is 12.7. The van der Waals surface area contributed by atoms with Crippen LogP contribution in [0.1, 0.15) is 70.8 Å². The summed E-state index contributed by atoms with van der Waals surface area (Å²) in [5.41, 5.74) is 2.58. The Morgan fingerprint density at radius 1 is 1.02 bits per heavy atom. The highest BCUT2D eigenvalue weighted by molar-refractivity contribution is 6.09. The van der Waals surface area contributed by atoms with Crippen LogP contribution < -0.4 is 16.4 Å². The number of anilines is 1. The molecule has 0 heterocycles. The Labute approximate surface area is 268 Å². The van der Waals surface area contributed by atoms with E-state index in [4.69, 9.17) is 5.73 Å². The second-order valence-corrected chi connectivity index (χ2v) is 15.4. The molecule has 2 unspecified atom stereocenters. The van der Waals surface area contributed by atoms with E-state index < -0.39 is 69.4 Å².